The molecule has 0 aliphatic rings. The molecule has 5 nitrogen and oxygen atoms in total. The Morgan fingerprint density at radius 2 is 2.00 bits per heavy atom. The van der Waals surface area contributed by atoms with Crippen LogP contribution in [0.2, 0.25) is 0 Å². The smallest absolute Gasteiger partial charge is 0.256 e. The van der Waals surface area contributed by atoms with Crippen LogP contribution >= 0.6 is 0 Å². The van der Waals surface area contributed by atoms with Crippen molar-refractivity contribution in [1.82, 2.24) is 14.5 Å². The highest BCUT2D eigenvalue weighted by atomic mass is 16.3. The molecule has 128 valence electrons. The Labute approximate surface area is 147 Å². The van der Waals surface area contributed by atoms with Crippen LogP contribution in [0.4, 0.5) is 0 Å². The number of aliphatic hydroxyl groups excluding tert-OH is 1. The number of hydrogen-bond acceptors (Lipinski definition) is 3. The van der Waals surface area contributed by atoms with Gasteiger partial charge in [-0.1, -0.05) is 42.0 Å². The van der Waals surface area contributed by atoms with Gasteiger partial charge in [0, 0.05) is 25.5 Å². The highest BCUT2D eigenvalue weighted by Crippen LogP contribution is 2.19. The molecule has 0 saturated carbocycles. The van der Waals surface area contributed by atoms with Crippen LogP contribution < -0.4 is 0 Å². The number of amides is 1. The standard InChI is InChI=1S/C20H21N3O2/c1-16-7-8-19(23-10-9-21-15-23)18(13-16)20(25)22(11-12-24)14-17-5-3-2-4-6-17/h2-10,13,15,24H,11-12,14H2,1H3. The Morgan fingerprint density at radius 3 is 2.68 bits per heavy atom. The lowest BCUT2D eigenvalue weighted by atomic mass is 10.1. The molecular formula is C20H21N3O2. The average molecular weight is 335 g/mol. The minimum Gasteiger partial charge on any atom is -0.395 e. The van der Waals surface area contributed by atoms with Gasteiger partial charge in [-0.2, -0.15) is 0 Å². The summed E-state index contributed by atoms with van der Waals surface area (Å²) in [6.45, 7) is 2.62. The van der Waals surface area contributed by atoms with E-state index in [1.54, 1.807) is 17.4 Å². The molecule has 1 N–H and O–H groups in total. The molecule has 0 fully saturated rings. The van der Waals surface area contributed by atoms with E-state index in [1.165, 1.54) is 0 Å². The fourth-order valence-corrected chi connectivity index (χ4v) is 2.80. The number of hydrogen-bond donors (Lipinski definition) is 1. The number of aliphatic hydroxyl groups is 1. The van der Waals surface area contributed by atoms with Crippen molar-refractivity contribution in [2.75, 3.05) is 13.2 Å². The Kier molecular flexibility index (Phi) is 5.26. The van der Waals surface area contributed by atoms with Crippen LogP contribution in [0.25, 0.3) is 5.69 Å². The van der Waals surface area contributed by atoms with E-state index in [9.17, 15) is 9.90 Å². The third-order valence-electron chi connectivity index (χ3n) is 4.04. The summed E-state index contributed by atoms with van der Waals surface area (Å²) in [6.07, 6.45) is 5.17. The van der Waals surface area contributed by atoms with Crippen LogP contribution in [0, 0.1) is 6.92 Å². The first-order chi connectivity index (χ1) is 12.2. The molecule has 2 aromatic carbocycles. The summed E-state index contributed by atoms with van der Waals surface area (Å²) < 4.78 is 1.83. The van der Waals surface area contributed by atoms with Crippen molar-refractivity contribution in [1.29, 1.82) is 0 Å². The van der Waals surface area contributed by atoms with Gasteiger partial charge < -0.3 is 14.6 Å². The molecule has 0 atom stereocenters. The van der Waals surface area contributed by atoms with Crippen molar-refractivity contribution in [3.63, 3.8) is 0 Å². The fourth-order valence-electron chi connectivity index (χ4n) is 2.80. The lowest BCUT2D eigenvalue weighted by molar-refractivity contribution is 0.0707. The molecule has 3 aromatic rings. The van der Waals surface area contributed by atoms with Crippen LogP contribution in [-0.4, -0.2) is 38.6 Å². The zero-order chi connectivity index (χ0) is 17.6. The highest BCUT2D eigenvalue weighted by Gasteiger charge is 2.20. The van der Waals surface area contributed by atoms with Crippen molar-refractivity contribution in [3.05, 3.63) is 83.9 Å². The second-order valence-corrected chi connectivity index (χ2v) is 5.93. The van der Waals surface area contributed by atoms with E-state index < -0.39 is 0 Å². The van der Waals surface area contributed by atoms with E-state index in [2.05, 4.69) is 4.98 Å². The Bertz CT molecular complexity index is 829. The van der Waals surface area contributed by atoms with Crippen molar-refractivity contribution >= 4 is 5.91 Å². The predicted octanol–water partition coefficient (Wildman–Crippen LogP) is 2.82. The molecule has 1 aromatic heterocycles. The largest absolute Gasteiger partial charge is 0.395 e. The van der Waals surface area contributed by atoms with Crippen LogP contribution in [0.3, 0.4) is 0 Å². The monoisotopic (exact) mass is 335 g/mol. The maximum absolute atomic E-state index is 13.2. The first kappa shape index (κ1) is 16.9. The number of benzene rings is 2. The van der Waals surface area contributed by atoms with Gasteiger partial charge in [-0.15, -0.1) is 0 Å². The van der Waals surface area contributed by atoms with Crippen molar-refractivity contribution in [3.8, 4) is 5.69 Å². The maximum atomic E-state index is 13.2. The Morgan fingerprint density at radius 1 is 1.20 bits per heavy atom. The first-order valence-electron chi connectivity index (χ1n) is 8.22. The number of aryl methyl sites for hydroxylation is 1. The van der Waals surface area contributed by atoms with E-state index in [1.807, 2.05) is 66.2 Å². The van der Waals surface area contributed by atoms with Crippen LogP contribution in [0.15, 0.2) is 67.3 Å². The summed E-state index contributed by atoms with van der Waals surface area (Å²) in [5.41, 5.74) is 3.42. The zero-order valence-electron chi connectivity index (χ0n) is 14.2. The Hall–Kier alpha value is -2.92. The summed E-state index contributed by atoms with van der Waals surface area (Å²) in [5, 5.41) is 9.41. The van der Waals surface area contributed by atoms with E-state index in [0.29, 0.717) is 12.1 Å². The lowest BCUT2D eigenvalue weighted by Gasteiger charge is -2.23. The molecule has 5 heteroatoms. The summed E-state index contributed by atoms with van der Waals surface area (Å²) in [4.78, 5) is 18.9. The number of carbonyl (C=O) groups is 1. The number of nitrogens with zero attached hydrogens (tertiary/aromatic N) is 3. The van der Waals surface area contributed by atoms with Gasteiger partial charge in [0.15, 0.2) is 0 Å². The highest BCUT2D eigenvalue weighted by molar-refractivity contribution is 5.98. The predicted molar refractivity (Wildman–Crippen MR) is 96.6 cm³/mol. The maximum Gasteiger partial charge on any atom is 0.256 e. The number of aromatic nitrogens is 2. The fraction of sp³-hybridized carbons (Fsp3) is 0.200. The van der Waals surface area contributed by atoms with Crippen molar-refractivity contribution in [2.24, 2.45) is 0 Å². The second-order valence-electron chi connectivity index (χ2n) is 5.93. The summed E-state index contributed by atoms with van der Waals surface area (Å²) in [7, 11) is 0. The summed E-state index contributed by atoms with van der Waals surface area (Å²) in [6, 6.07) is 15.6. The molecule has 0 spiro atoms. The molecule has 0 unspecified atom stereocenters. The number of carbonyl (C=O) groups excluding carboxylic acids is 1. The minimum atomic E-state index is -0.106. The van der Waals surface area contributed by atoms with E-state index in [0.717, 1.165) is 16.8 Å². The van der Waals surface area contributed by atoms with Crippen LogP contribution in [0.5, 0.6) is 0 Å². The molecule has 1 heterocycles. The molecule has 0 aliphatic carbocycles. The molecule has 0 bridgehead atoms. The molecular weight excluding hydrogens is 314 g/mol. The zero-order valence-corrected chi connectivity index (χ0v) is 14.2. The lowest BCUT2D eigenvalue weighted by Crippen LogP contribution is -2.33. The average Bonchev–Trinajstić information content (AvgIpc) is 3.16. The summed E-state index contributed by atoms with van der Waals surface area (Å²) in [5.74, 6) is -0.106. The molecule has 0 aliphatic heterocycles. The molecule has 0 radical (unpaired) electrons. The Balaban J connectivity index is 1.95. The van der Waals surface area contributed by atoms with Crippen molar-refractivity contribution < 1.29 is 9.90 Å². The van der Waals surface area contributed by atoms with Gasteiger partial charge in [0.2, 0.25) is 0 Å². The van der Waals surface area contributed by atoms with Gasteiger partial charge in [-0.05, 0) is 24.6 Å². The molecule has 25 heavy (non-hydrogen) atoms. The van der Waals surface area contributed by atoms with Crippen molar-refractivity contribution in [2.45, 2.75) is 13.5 Å². The first-order valence-corrected chi connectivity index (χ1v) is 8.22. The topological polar surface area (TPSA) is 58.4 Å². The van der Waals surface area contributed by atoms with Gasteiger partial charge in [0.1, 0.15) is 0 Å². The van der Waals surface area contributed by atoms with Crippen LogP contribution in [-0.2, 0) is 6.54 Å². The third kappa shape index (κ3) is 3.95. The second kappa shape index (κ2) is 7.77. The molecule has 3 rings (SSSR count). The SMILES string of the molecule is Cc1ccc(-n2ccnc2)c(C(=O)N(CCO)Cc2ccccc2)c1. The quantitative estimate of drug-likeness (QED) is 0.753. The normalized spacial score (nSPS) is 10.6. The number of rotatable bonds is 6. The van der Waals surface area contributed by atoms with Crippen LogP contribution in [0.1, 0.15) is 21.5 Å². The van der Waals surface area contributed by atoms with Gasteiger partial charge >= 0.3 is 0 Å². The molecule has 0 saturated heterocycles. The van der Waals surface area contributed by atoms with Gasteiger partial charge in [0.05, 0.1) is 24.2 Å². The number of imidazole rings is 1. The van der Waals surface area contributed by atoms with E-state index >= 15 is 0 Å². The third-order valence-corrected chi connectivity index (χ3v) is 4.04. The summed E-state index contributed by atoms with van der Waals surface area (Å²) >= 11 is 0. The van der Waals surface area contributed by atoms with Gasteiger partial charge in [-0.3, -0.25) is 4.79 Å². The minimum absolute atomic E-state index is 0.0786. The van der Waals surface area contributed by atoms with Gasteiger partial charge in [-0.25, -0.2) is 4.98 Å². The van der Waals surface area contributed by atoms with Gasteiger partial charge in [0.25, 0.3) is 5.91 Å². The van der Waals surface area contributed by atoms with E-state index in [4.69, 9.17) is 0 Å². The molecule has 1 amide bonds. The van der Waals surface area contributed by atoms with E-state index in [-0.39, 0.29) is 19.1 Å².